The second-order valence-corrected chi connectivity index (χ2v) is 5.87. The molecule has 0 spiro atoms. The van der Waals surface area contributed by atoms with E-state index < -0.39 is 6.04 Å². The van der Waals surface area contributed by atoms with Gasteiger partial charge < -0.3 is 16.4 Å². The summed E-state index contributed by atoms with van der Waals surface area (Å²) < 4.78 is 0. The number of hydrogen-bond acceptors (Lipinski definition) is 4. The van der Waals surface area contributed by atoms with Gasteiger partial charge >= 0.3 is 0 Å². The molecule has 1 heterocycles. The predicted octanol–water partition coefficient (Wildman–Crippen LogP) is -0.517. The van der Waals surface area contributed by atoms with Gasteiger partial charge in [-0.05, 0) is 30.7 Å². The summed E-state index contributed by atoms with van der Waals surface area (Å²) in [5.74, 6) is -0.428. The molecule has 0 aromatic carbocycles. The topological polar surface area (TPSA) is 113 Å². The van der Waals surface area contributed by atoms with Crippen molar-refractivity contribution in [2.24, 2.45) is 11.7 Å². The van der Waals surface area contributed by atoms with E-state index in [0.29, 0.717) is 0 Å². The first-order valence-corrected chi connectivity index (χ1v) is 7.31. The van der Waals surface area contributed by atoms with E-state index in [1.807, 2.05) is 13.8 Å². The lowest BCUT2D eigenvalue weighted by molar-refractivity contribution is -0.127. The van der Waals surface area contributed by atoms with Crippen molar-refractivity contribution in [1.82, 2.24) is 20.8 Å². The van der Waals surface area contributed by atoms with Crippen molar-refractivity contribution < 1.29 is 9.59 Å². The quantitative estimate of drug-likeness (QED) is 0.585. The number of nitrogens with two attached hydrogens (primary N) is 1. The van der Waals surface area contributed by atoms with E-state index >= 15 is 0 Å². The molecule has 0 aliphatic heterocycles. The van der Waals surface area contributed by atoms with E-state index in [0.717, 1.165) is 30.5 Å². The zero-order valence-electron chi connectivity index (χ0n) is 12.5. The molecule has 0 fully saturated rings. The second kappa shape index (κ2) is 6.71. The van der Waals surface area contributed by atoms with Gasteiger partial charge in [-0.1, -0.05) is 13.8 Å². The number of aromatic amines is 1. The molecule has 0 saturated carbocycles. The Kier molecular flexibility index (Phi) is 4.95. The zero-order chi connectivity index (χ0) is 15.4. The van der Waals surface area contributed by atoms with Gasteiger partial charge in [-0.2, -0.15) is 5.10 Å². The Morgan fingerprint density at radius 3 is 3.00 bits per heavy atom. The van der Waals surface area contributed by atoms with Crippen LogP contribution in [0.15, 0.2) is 6.20 Å². The standard InChI is InChI=1S/C14H23N5O2/c1-8(2)13(15)14(21)16-7-12(20)18-10-3-4-11-9(5-10)6-17-19-11/h6,8,10,13H,3-5,7,15H2,1-2H3,(H,16,21)(H,17,19)(H,18,20)/t10?,13-/m0/s1. The van der Waals surface area contributed by atoms with Crippen molar-refractivity contribution in [1.29, 1.82) is 0 Å². The van der Waals surface area contributed by atoms with Gasteiger partial charge in [0.2, 0.25) is 11.8 Å². The summed E-state index contributed by atoms with van der Waals surface area (Å²) in [7, 11) is 0. The molecule has 1 aliphatic rings. The highest BCUT2D eigenvalue weighted by Crippen LogP contribution is 2.18. The molecule has 1 aliphatic carbocycles. The van der Waals surface area contributed by atoms with Gasteiger partial charge in [-0.3, -0.25) is 14.7 Å². The molecule has 0 radical (unpaired) electrons. The molecular formula is C14H23N5O2. The summed E-state index contributed by atoms with van der Waals surface area (Å²) in [6, 6.07) is -0.487. The Labute approximate surface area is 124 Å². The average molecular weight is 293 g/mol. The highest BCUT2D eigenvalue weighted by molar-refractivity contribution is 5.87. The number of H-pyrrole nitrogens is 1. The Balaban J connectivity index is 1.74. The van der Waals surface area contributed by atoms with Crippen molar-refractivity contribution in [3.63, 3.8) is 0 Å². The lowest BCUT2D eigenvalue weighted by atomic mass is 9.93. The minimum absolute atomic E-state index is 0.0337. The number of carbonyl (C=O) groups is 2. The molecule has 2 atom stereocenters. The Hall–Kier alpha value is -1.89. The number of fused-ring (bicyclic) bond motifs is 1. The lowest BCUT2D eigenvalue weighted by Gasteiger charge is -2.23. The molecule has 116 valence electrons. The normalized spacial score (nSPS) is 19.0. The van der Waals surface area contributed by atoms with Gasteiger partial charge in [-0.15, -0.1) is 0 Å². The SMILES string of the molecule is CC(C)[C@H](N)C(=O)NCC(=O)NC1CCc2[nH]ncc2C1. The maximum Gasteiger partial charge on any atom is 0.239 e. The van der Waals surface area contributed by atoms with Gasteiger partial charge in [0.05, 0.1) is 18.8 Å². The third-order valence-electron chi connectivity index (χ3n) is 3.83. The molecule has 7 nitrogen and oxygen atoms in total. The Morgan fingerprint density at radius 2 is 2.29 bits per heavy atom. The van der Waals surface area contributed by atoms with Crippen molar-refractivity contribution in [3.05, 3.63) is 17.5 Å². The van der Waals surface area contributed by atoms with Crippen LogP contribution in [-0.2, 0) is 22.4 Å². The summed E-state index contributed by atoms with van der Waals surface area (Å²) in [6.45, 7) is 3.71. The van der Waals surface area contributed by atoms with Gasteiger partial charge in [-0.25, -0.2) is 0 Å². The third-order valence-corrected chi connectivity index (χ3v) is 3.83. The summed E-state index contributed by atoms with van der Waals surface area (Å²) >= 11 is 0. The van der Waals surface area contributed by atoms with E-state index in [1.165, 1.54) is 0 Å². The molecule has 21 heavy (non-hydrogen) atoms. The molecule has 1 unspecified atom stereocenters. The van der Waals surface area contributed by atoms with Crippen LogP contribution < -0.4 is 16.4 Å². The molecular weight excluding hydrogens is 270 g/mol. The highest BCUT2D eigenvalue weighted by Gasteiger charge is 2.22. The molecule has 2 rings (SSSR count). The van der Waals surface area contributed by atoms with Crippen molar-refractivity contribution in [3.8, 4) is 0 Å². The third kappa shape index (κ3) is 4.04. The number of nitrogens with zero attached hydrogens (tertiary/aromatic N) is 1. The molecule has 2 amide bonds. The number of amides is 2. The van der Waals surface area contributed by atoms with Crippen LogP contribution in [0.3, 0.4) is 0 Å². The first-order chi connectivity index (χ1) is 9.97. The first-order valence-electron chi connectivity index (χ1n) is 7.31. The van der Waals surface area contributed by atoms with Gasteiger partial charge in [0, 0.05) is 11.7 Å². The number of nitrogens with one attached hydrogen (secondary N) is 3. The van der Waals surface area contributed by atoms with Crippen LogP contribution in [-0.4, -0.2) is 40.6 Å². The van der Waals surface area contributed by atoms with E-state index in [4.69, 9.17) is 5.73 Å². The molecule has 7 heteroatoms. The van der Waals surface area contributed by atoms with Crippen LogP contribution in [0, 0.1) is 5.92 Å². The molecule has 0 bridgehead atoms. The first kappa shape index (κ1) is 15.5. The van der Waals surface area contributed by atoms with Gasteiger partial charge in [0.15, 0.2) is 0 Å². The van der Waals surface area contributed by atoms with Crippen molar-refractivity contribution in [2.75, 3.05) is 6.54 Å². The van der Waals surface area contributed by atoms with Crippen molar-refractivity contribution >= 4 is 11.8 Å². The van der Waals surface area contributed by atoms with E-state index in [1.54, 1.807) is 6.20 Å². The highest BCUT2D eigenvalue weighted by atomic mass is 16.2. The number of rotatable bonds is 5. The van der Waals surface area contributed by atoms with Gasteiger partial charge in [0.1, 0.15) is 0 Å². The summed E-state index contributed by atoms with van der Waals surface area (Å²) in [5.41, 5.74) is 8.02. The fourth-order valence-corrected chi connectivity index (χ4v) is 2.41. The maximum absolute atomic E-state index is 11.9. The minimum atomic E-state index is -0.582. The predicted molar refractivity (Wildman–Crippen MR) is 78.4 cm³/mol. The minimum Gasteiger partial charge on any atom is -0.351 e. The fourth-order valence-electron chi connectivity index (χ4n) is 2.41. The molecule has 5 N–H and O–H groups in total. The molecule has 1 aromatic rings. The number of aryl methyl sites for hydroxylation is 1. The second-order valence-electron chi connectivity index (χ2n) is 5.87. The lowest BCUT2D eigenvalue weighted by Crippen LogP contribution is -2.49. The smallest absolute Gasteiger partial charge is 0.239 e. The van der Waals surface area contributed by atoms with Crippen LogP contribution in [0.2, 0.25) is 0 Å². The van der Waals surface area contributed by atoms with E-state index in [-0.39, 0.29) is 30.3 Å². The Morgan fingerprint density at radius 1 is 1.52 bits per heavy atom. The molecule has 1 aromatic heterocycles. The monoisotopic (exact) mass is 293 g/mol. The van der Waals surface area contributed by atoms with E-state index in [2.05, 4.69) is 20.8 Å². The number of carbonyl (C=O) groups excluding carboxylic acids is 2. The summed E-state index contributed by atoms with van der Waals surface area (Å²) in [6.07, 6.45) is 4.33. The van der Waals surface area contributed by atoms with Crippen LogP contribution >= 0.6 is 0 Å². The van der Waals surface area contributed by atoms with Gasteiger partial charge in [0.25, 0.3) is 0 Å². The Bertz CT molecular complexity index is 511. The van der Waals surface area contributed by atoms with Crippen LogP contribution in [0.4, 0.5) is 0 Å². The zero-order valence-corrected chi connectivity index (χ0v) is 12.5. The van der Waals surface area contributed by atoms with Crippen molar-refractivity contribution in [2.45, 2.75) is 45.2 Å². The fraction of sp³-hybridized carbons (Fsp3) is 0.643. The number of aromatic nitrogens is 2. The van der Waals surface area contributed by atoms with Crippen LogP contribution in [0.5, 0.6) is 0 Å². The summed E-state index contributed by atoms with van der Waals surface area (Å²) in [5, 5.41) is 12.5. The van der Waals surface area contributed by atoms with Crippen LogP contribution in [0.25, 0.3) is 0 Å². The van der Waals surface area contributed by atoms with Crippen LogP contribution in [0.1, 0.15) is 31.5 Å². The summed E-state index contributed by atoms with van der Waals surface area (Å²) in [4.78, 5) is 23.5. The average Bonchev–Trinajstić information content (AvgIpc) is 2.91. The van der Waals surface area contributed by atoms with E-state index in [9.17, 15) is 9.59 Å². The largest absolute Gasteiger partial charge is 0.351 e. The maximum atomic E-state index is 11.9. The number of hydrogen-bond donors (Lipinski definition) is 4. The molecule has 0 saturated heterocycles.